The first kappa shape index (κ1) is 12.6. The second kappa shape index (κ2) is 5.63. The van der Waals surface area contributed by atoms with Gasteiger partial charge in [0.1, 0.15) is 0 Å². The van der Waals surface area contributed by atoms with E-state index in [9.17, 15) is 0 Å². The predicted molar refractivity (Wildman–Crippen MR) is 71.9 cm³/mol. The van der Waals surface area contributed by atoms with Crippen LogP contribution in [0.3, 0.4) is 0 Å². The number of hydrogen-bond donors (Lipinski definition) is 1. The summed E-state index contributed by atoms with van der Waals surface area (Å²) in [4.78, 5) is 4.94. The molecule has 0 amide bonds. The van der Waals surface area contributed by atoms with Crippen molar-refractivity contribution >= 4 is 0 Å². The summed E-state index contributed by atoms with van der Waals surface area (Å²) in [7, 11) is 2.19. The van der Waals surface area contributed by atoms with E-state index in [0.29, 0.717) is 12.1 Å². The Morgan fingerprint density at radius 3 is 2.65 bits per heavy atom. The summed E-state index contributed by atoms with van der Waals surface area (Å²) in [5.74, 6) is 0. The molecule has 2 unspecified atom stereocenters. The van der Waals surface area contributed by atoms with Crippen LogP contribution in [-0.4, -0.2) is 49.1 Å². The molecule has 0 aliphatic carbocycles. The smallest absolute Gasteiger partial charge is 0.0478 e. The lowest BCUT2D eigenvalue weighted by molar-refractivity contribution is 0.0604. The zero-order valence-corrected chi connectivity index (χ0v) is 10.8. The average Bonchev–Trinajstić information content (AvgIpc) is 2.39. The minimum absolute atomic E-state index is 0.453. The molecule has 94 valence electrons. The van der Waals surface area contributed by atoms with Gasteiger partial charge in [-0.15, -0.1) is 0 Å². The molecule has 2 atom stereocenters. The van der Waals surface area contributed by atoms with E-state index in [1.165, 1.54) is 5.56 Å². The summed E-state index contributed by atoms with van der Waals surface area (Å²) in [6, 6.07) is 11.7. The monoisotopic (exact) mass is 233 g/mol. The topological polar surface area (TPSA) is 32.5 Å². The van der Waals surface area contributed by atoms with Crippen molar-refractivity contribution < 1.29 is 0 Å². The lowest BCUT2D eigenvalue weighted by Gasteiger charge is -2.43. The van der Waals surface area contributed by atoms with E-state index in [2.05, 4.69) is 54.1 Å². The maximum absolute atomic E-state index is 5.82. The molecule has 1 aliphatic rings. The van der Waals surface area contributed by atoms with Gasteiger partial charge in [0, 0.05) is 38.3 Å². The van der Waals surface area contributed by atoms with Gasteiger partial charge in [0.25, 0.3) is 0 Å². The molecule has 0 radical (unpaired) electrons. The van der Waals surface area contributed by atoms with Gasteiger partial charge in [-0.1, -0.05) is 30.3 Å². The lowest BCUT2D eigenvalue weighted by Crippen LogP contribution is -2.52. The largest absolute Gasteiger partial charge is 0.329 e. The molecule has 0 aromatic heterocycles. The first-order chi connectivity index (χ1) is 8.22. The minimum atomic E-state index is 0.453. The molecule has 1 fully saturated rings. The lowest BCUT2D eigenvalue weighted by atomic mass is 10.0. The van der Waals surface area contributed by atoms with E-state index < -0.39 is 0 Å². The highest BCUT2D eigenvalue weighted by molar-refractivity contribution is 5.20. The molecule has 2 rings (SSSR count). The van der Waals surface area contributed by atoms with Gasteiger partial charge in [0.15, 0.2) is 0 Å². The van der Waals surface area contributed by atoms with Gasteiger partial charge in [-0.25, -0.2) is 0 Å². The molecule has 17 heavy (non-hydrogen) atoms. The summed E-state index contributed by atoms with van der Waals surface area (Å²) in [5, 5.41) is 0. The molecule has 3 heteroatoms. The van der Waals surface area contributed by atoms with Crippen LogP contribution in [0, 0.1) is 0 Å². The first-order valence-corrected chi connectivity index (χ1v) is 6.41. The van der Waals surface area contributed by atoms with E-state index in [-0.39, 0.29) is 0 Å². The molecule has 1 aromatic carbocycles. The van der Waals surface area contributed by atoms with Crippen molar-refractivity contribution in [2.75, 3.05) is 33.2 Å². The van der Waals surface area contributed by atoms with Gasteiger partial charge < -0.3 is 10.6 Å². The van der Waals surface area contributed by atoms with Crippen molar-refractivity contribution in [3.63, 3.8) is 0 Å². The molecule has 0 saturated carbocycles. The van der Waals surface area contributed by atoms with Crippen molar-refractivity contribution in [1.82, 2.24) is 9.80 Å². The third-order valence-electron chi connectivity index (χ3n) is 3.72. The first-order valence-electron chi connectivity index (χ1n) is 6.41. The van der Waals surface area contributed by atoms with Gasteiger partial charge in [-0.2, -0.15) is 0 Å². The fraction of sp³-hybridized carbons (Fsp3) is 0.571. The van der Waals surface area contributed by atoms with Gasteiger partial charge in [0.05, 0.1) is 0 Å². The van der Waals surface area contributed by atoms with Crippen molar-refractivity contribution in [2.24, 2.45) is 5.73 Å². The number of piperazine rings is 1. The van der Waals surface area contributed by atoms with Crippen molar-refractivity contribution in [2.45, 2.75) is 19.0 Å². The molecule has 0 spiro atoms. The van der Waals surface area contributed by atoms with Crippen LogP contribution < -0.4 is 5.73 Å². The Balaban J connectivity index is 2.20. The molecule has 1 aromatic rings. The third kappa shape index (κ3) is 2.86. The van der Waals surface area contributed by atoms with E-state index in [0.717, 1.165) is 26.2 Å². The zero-order valence-electron chi connectivity index (χ0n) is 10.8. The zero-order chi connectivity index (χ0) is 12.3. The Morgan fingerprint density at radius 1 is 1.29 bits per heavy atom. The average molecular weight is 233 g/mol. The number of benzene rings is 1. The van der Waals surface area contributed by atoms with Crippen LogP contribution in [-0.2, 0) is 0 Å². The van der Waals surface area contributed by atoms with E-state index in [1.54, 1.807) is 0 Å². The van der Waals surface area contributed by atoms with Crippen LogP contribution in [0.5, 0.6) is 0 Å². The fourth-order valence-electron chi connectivity index (χ4n) is 2.57. The molecular formula is C14H23N3. The summed E-state index contributed by atoms with van der Waals surface area (Å²) in [6.45, 7) is 6.28. The molecule has 0 bridgehead atoms. The maximum Gasteiger partial charge on any atom is 0.0478 e. The van der Waals surface area contributed by atoms with Gasteiger partial charge in [-0.3, -0.25) is 4.90 Å². The van der Waals surface area contributed by atoms with Gasteiger partial charge in [0.2, 0.25) is 0 Å². The second-order valence-electron chi connectivity index (χ2n) is 5.01. The molecule has 3 nitrogen and oxygen atoms in total. The summed E-state index contributed by atoms with van der Waals surface area (Å²) in [5.41, 5.74) is 7.22. The Bertz CT molecular complexity index is 339. The second-order valence-corrected chi connectivity index (χ2v) is 5.01. The Labute approximate surface area is 104 Å². The summed E-state index contributed by atoms with van der Waals surface area (Å²) in [6.07, 6.45) is 0. The fourth-order valence-corrected chi connectivity index (χ4v) is 2.57. The Morgan fingerprint density at radius 2 is 2.00 bits per heavy atom. The predicted octanol–water partition coefficient (Wildman–Crippen LogP) is 1.32. The van der Waals surface area contributed by atoms with Crippen LogP contribution in [0.1, 0.15) is 18.5 Å². The maximum atomic E-state index is 5.82. The van der Waals surface area contributed by atoms with Crippen LogP contribution in [0.2, 0.25) is 0 Å². The van der Waals surface area contributed by atoms with Crippen LogP contribution in [0.15, 0.2) is 30.3 Å². The van der Waals surface area contributed by atoms with Crippen LogP contribution in [0.25, 0.3) is 0 Å². The third-order valence-corrected chi connectivity index (χ3v) is 3.72. The van der Waals surface area contributed by atoms with E-state index >= 15 is 0 Å². The Hall–Kier alpha value is -0.900. The normalized spacial score (nSPS) is 24.8. The molecule has 1 heterocycles. The van der Waals surface area contributed by atoms with Crippen molar-refractivity contribution in [3.05, 3.63) is 35.9 Å². The highest BCUT2D eigenvalue weighted by Crippen LogP contribution is 2.26. The highest BCUT2D eigenvalue weighted by Gasteiger charge is 2.29. The number of likely N-dealkylation sites (N-methyl/N-ethyl adjacent to an activating group) is 1. The quantitative estimate of drug-likeness (QED) is 0.854. The molecular weight excluding hydrogens is 210 g/mol. The molecule has 1 aliphatic heterocycles. The van der Waals surface area contributed by atoms with E-state index in [1.807, 2.05) is 0 Å². The summed E-state index contributed by atoms with van der Waals surface area (Å²) >= 11 is 0. The van der Waals surface area contributed by atoms with Crippen molar-refractivity contribution in [1.29, 1.82) is 0 Å². The number of nitrogens with two attached hydrogens (primary N) is 1. The van der Waals surface area contributed by atoms with E-state index in [4.69, 9.17) is 5.73 Å². The van der Waals surface area contributed by atoms with Gasteiger partial charge >= 0.3 is 0 Å². The van der Waals surface area contributed by atoms with Crippen LogP contribution in [0.4, 0.5) is 0 Å². The number of hydrogen-bond acceptors (Lipinski definition) is 3. The van der Waals surface area contributed by atoms with Crippen LogP contribution >= 0.6 is 0 Å². The molecule has 2 N–H and O–H groups in total. The minimum Gasteiger partial charge on any atom is -0.329 e. The molecule has 1 saturated heterocycles. The standard InChI is InChI=1S/C14H23N3/c1-12(10-15)17-9-8-16(2)11-14(17)13-6-4-3-5-7-13/h3-7,12,14H,8-11,15H2,1-2H3. The SMILES string of the molecule is CC(CN)N1CCN(C)CC1c1ccccc1. The van der Waals surface area contributed by atoms with Gasteiger partial charge in [-0.05, 0) is 19.5 Å². The number of nitrogens with zero attached hydrogens (tertiary/aromatic N) is 2. The Kier molecular flexibility index (Phi) is 4.15. The number of rotatable bonds is 3. The highest BCUT2D eigenvalue weighted by atomic mass is 15.3. The van der Waals surface area contributed by atoms with Crippen molar-refractivity contribution in [3.8, 4) is 0 Å². The summed E-state index contributed by atoms with van der Waals surface area (Å²) < 4.78 is 0.